The third-order valence-corrected chi connectivity index (χ3v) is 2.71. The first-order valence-corrected chi connectivity index (χ1v) is 5.62. The fraction of sp³-hybridized carbons (Fsp3) is 0.231. The molecule has 1 unspecified atom stereocenters. The van der Waals surface area contributed by atoms with Gasteiger partial charge >= 0.3 is 0 Å². The van der Waals surface area contributed by atoms with Crippen molar-refractivity contribution in [2.45, 2.75) is 12.5 Å². The van der Waals surface area contributed by atoms with E-state index in [1.54, 1.807) is 19.2 Å². The molecule has 5 heteroatoms. The maximum absolute atomic E-state index is 5.85. The normalized spacial score (nSPS) is 18.3. The number of rotatable bonds is 3. The van der Waals surface area contributed by atoms with Crippen LogP contribution in [0.1, 0.15) is 6.42 Å². The molecule has 0 radical (unpaired) electrons. The molecule has 5 nitrogen and oxygen atoms in total. The predicted octanol–water partition coefficient (Wildman–Crippen LogP) is 1.67. The fourth-order valence-corrected chi connectivity index (χ4v) is 1.84. The van der Waals surface area contributed by atoms with Crippen LogP contribution >= 0.6 is 0 Å². The lowest BCUT2D eigenvalue weighted by Gasteiger charge is -2.21. The van der Waals surface area contributed by atoms with Gasteiger partial charge < -0.3 is 26.7 Å². The number of ether oxygens (including phenoxy) is 2. The van der Waals surface area contributed by atoms with Gasteiger partial charge in [0.2, 0.25) is 0 Å². The summed E-state index contributed by atoms with van der Waals surface area (Å²) < 4.78 is 11.0. The summed E-state index contributed by atoms with van der Waals surface area (Å²) in [5.41, 5.74) is 18.8. The van der Waals surface area contributed by atoms with Gasteiger partial charge in [-0.2, -0.15) is 0 Å². The number of nitrogens with two attached hydrogens (primary N) is 3. The third kappa shape index (κ3) is 2.51. The van der Waals surface area contributed by atoms with Crippen molar-refractivity contribution in [3.05, 3.63) is 36.1 Å². The number of hydrogen-bond donors (Lipinski definition) is 3. The molecule has 1 aliphatic carbocycles. The summed E-state index contributed by atoms with van der Waals surface area (Å²) in [6.45, 7) is 0. The second kappa shape index (κ2) is 4.91. The van der Waals surface area contributed by atoms with Crippen LogP contribution in [0.2, 0.25) is 0 Å². The van der Waals surface area contributed by atoms with Crippen LogP contribution in [-0.2, 0) is 4.74 Å². The average molecular weight is 247 g/mol. The van der Waals surface area contributed by atoms with Gasteiger partial charge in [0.1, 0.15) is 6.10 Å². The number of anilines is 3. The molecule has 0 saturated heterocycles. The summed E-state index contributed by atoms with van der Waals surface area (Å²) in [7, 11) is 1.63. The van der Waals surface area contributed by atoms with Crippen molar-refractivity contribution in [2.75, 3.05) is 24.3 Å². The van der Waals surface area contributed by atoms with E-state index in [1.807, 2.05) is 18.2 Å². The van der Waals surface area contributed by atoms with Crippen molar-refractivity contribution in [1.82, 2.24) is 0 Å². The van der Waals surface area contributed by atoms with E-state index in [4.69, 9.17) is 26.7 Å². The molecule has 0 bridgehead atoms. The lowest BCUT2D eigenvalue weighted by Crippen LogP contribution is -2.18. The Kier molecular flexibility index (Phi) is 3.32. The lowest BCUT2D eigenvalue weighted by molar-refractivity contribution is 0.201. The van der Waals surface area contributed by atoms with Gasteiger partial charge in [-0.3, -0.25) is 0 Å². The van der Waals surface area contributed by atoms with Gasteiger partial charge in [0.25, 0.3) is 0 Å². The van der Waals surface area contributed by atoms with E-state index >= 15 is 0 Å². The van der Waals surface area contributed by atoms with Crippen LogP contribution in [0.3, 0.4) is 0 Å². The Hall–Kier alpha value is -2.30. The first-order valence-electron chi connectivity index (χ1n) is 5.62. The highest BCUT2D eigenvalue weighted by Crippen LogP contribution is 2.33. The lowest BCUT2D eigenvalue weighted by atomic mass is 10.1. The van der Waals surface area contributed by atoms with Gasteiger partial charge in [0.05, 0.1) is 24.2 Å². The van der Waals surface area contributed by atoms with Crippen molar-refractivity contribution in [2.24, 2.45) is 0 Å². The molecule has 0 spiro atoms. The van der Waals surface area contributed by atoms with Gasteiger partial charge in [-0.05, 0) is 24.3 Å². The van der Waals surface area contributed by atoms with Crippen LogP contribution < -0.4 is 21.9 Å². The smallest absolute Gasteiger partial charge is 0.166 e. The Morgan fingerprint density at radius 1 is 1.17 bits per heavy atom. The van der Waals surface area contributed by atoms with Gasteiger partial charge in [-0.15, -0.1) is 0 Å². The zero-order valence-corrected chi connectivity index (χ0v) is 10.2. The zero-order chi connectivity index (χ0) is 13.1. The highest BCUT2D eigenvalue weighted by atomic mass is 16.5. The monoisotopic (exact) mass is 247 g/mol. The zero-order valence-electron chi connectivity index (χ0n) is 10.2. The van der Waals surface area contributed by atoms with Gasteiger partial charge in [0, 0.05) is 12.1 Å². The standard InChI is InChI=1S/C13H17N3O2/c1-17-9-3-2-4-10(7-9)18-13-11(15)5-8(14)6-12(13)16/h2-6,10H,7,14-16H2,1H3. The summed E-state index contributed by atoms with van der Waals surface area (Å²) >= 11 is 0. The first kappa shape index (κ1) is 12.2. The Morgan fingerprint density at radius 3 is 2.44 bits per heavy atom. The summed E-state index contributed by atoms with van der Waals surface area (Å²) in [5, 5.41) is 0. The molecule has 6 N–H and O–H groups in total. The van der Waals surface area contributed by atoms with E-state index in [0.29, 0.717) is 29.2 Å². The van der Waals surface area contributed by atoms with E-state index < -0.39 is 0 Å². The van der Waals surface area contributed by atoms with E-state index in [0.717, 1.165) is 5.76 Å². The molecule has 1 atom stereocenters. The highest BCUT2D eigenvalue weighted by Gasteiger charge is 2.16. The van der Waals surface area contributed by atoms with Crippen molar-refractivity contribution < 1.29 is 9.47 Å². The van der Waals surface area contributed by atoms with Gasteiger partial charge in [-0.25, -0.2) is 0 Å². The number of allylic oxidation sites excluding steroid dienone is 2. The molecule has 2 rings (SSSR count). The Bertz CT molecular complexity index is 486. The highest BCUT2D eigenvalue weighted by molar-refractivity contribution is 5.73. The van der Waals surface area contributed by atoms with Gasteiger partial charge in [0.15, 0.2) is 5.75 Å². The number of methoxy groups -OCH3 is 1. The number of nitrogen functional groups attached to an aromatic ring is 3. The summed E-state index contributed by atoms with van der Waals surface area (Å²) in [4.78, 5) is 0. The average Bonchev–Trinajstić information content (AvgIpc) is 2.34. The molecule has 0 amide bonds. The van der Waals surface area contributed by atoms with E-state index in [1.165, 1.54) is 0 Å². The first-order chi connectivity index (χ1) is 8.60. The van der Waals surface area contributed by atoms with Crippen LogP contribution in [0.25, 0.3) is 0 Å². The molecule has 0 aliphatic heterocycles. The second-order valence-electron chi connectivity index (χ2n) is 4.11. The minimum atomic E-state index is -0.141. The predicted molar refractivity (Wildman–Crippen MR) is 72.9 cm³/mol. The van der Waals surface area contributed by atoms with Crippen LogP contribution in [0.5, 0.6) is 5.75 Å². The molecule has 1 aliphatic rings. The topological polar surface area (TPSA) is 96.5 Å². The van der Waals surface area contributed by atoms with Gasteiger partial charge in [-0.1, -0.05) is 6.08 Å². The molecular formula is C13H17N3O2. The summed E-state index contributed by atoms with van der Waals surface area (Å²) in [6, 6.07) is 3.26. The molecule has 0 saturated carbocycles. The maximum Gasteiger partial charge on any atom is 0.166 e. The minimum Gasteiger partial charge on any atom is -0.501 e. The molecule has 1 aromatic carbocycles. The van der Waals surface area contributed by atoms with Crippen LogP contribution in [0.15, 0.2) is 36.1 Å². The van der Waals surface area contributed by atoms with Crippen LogP contribution in [0, 0.1) is 0 Å². The molecule has 18 heavy (non-hydrogen) atoms. The SMILES string of the molecule is COC1=CC=CC(Oc2c(N)cc(N)cc2N)C1. The van der Waals surface area contributed by atoms with Crippen molar-refractivity contribution in [3.8, 4) is 5.75 Å². The molecule has 0 aromatic heterocycles. The second-order valence-corrected chi connectivity index (χ2v) is 4.11. The number of hydrogen-bond acceptors (Lipinski definition) is 5. The number of benzene rings is 1. The molecule has 96 valence electrons. The maximum atomic E-state index is 5.85. The molecule has 1 aromatic rings. The molecular weight excluding hydrogens is 230 g/mol. The van der Waals surface area contributed by atoms with Crippen molar-refractivity contribution in [3.63, 3.8) is 0 Å². The van der Waals surface area contributed by atoms with Crippen LogP contribution in [0.4, 0.5) is 17.1 Å². The molecule has 0 fully saturated rings. The Balaban J connectivity index is 2.16. The van der Waals surface area contributed by atoms with E-state index in [-0.39, 0.29) is 6.10 Å². The Labute approximate surface area is 106 Å². The molecule has 0 heterocycles. The fourth-order valence-electron chi connectivity index (χ4n) is 1.84. The van der Waals surface area contributed by atoms with E-state index in [9.17, 15) is 0 Å². The quantitative estimate of drug-likeness (QED) is 0.706. The van der Waals surface area contributed by atoms with Crippen molar-refractivity contribution in [1.29, 1.82) is 0 Å². The largest absolute Gasteiger partial charge is 0.501 e. The Morgan fingerprint density at radius 2 is 1.83 bits per heavy atom. The van der Waals surface area contributed by atoms with E-state index in [2.05, 4.69) is 0 Å². The summed E-state index contributed by atoms with van der Waals surface area (Å²) in [5.74, 6) is 1.33. The van der Waals surface area contributed by atoms with Crippen LogP contribution in [-0.4, -0.2) is 13.2 Å². The third-order valence-electron chi connectivity index (χ3n) is 2.71. The minimum absolute atomic E-state index is 0.141. The summed E-state index contributed by atoms with van der Waals surface area (Å²) in [6.07, 6.45) is 6.22. The van der Waals surface area contributed by atoms with Crippen molar-refractivity contribution >= 4 is 17.1 Å².